The van der Waals surface area contributed by atoms with Crippen molar-refractivity contribution in [1.82, 2.24) is 9.71 Å². The van der Waals surface area contributed by atoms with E-state index in [2.05, 4.69) is 9.71 Å². The van der Waals surface area contributed by atoms with Crippen LogP contribution in [0.4, 0.5) is 0 Å². The number of aromatic nitrogens is 1. The lowest BCUT2D eigenvalue weighted by Gasteiger charge is -2.09. The Morgan fingerprint density at radius 1 is 1.08 bits per heavy atom. The van der Waals surface area contributed by atoms with Gasteiger partial charge >= 0.3 is 5.76 Å². The summed E-state index contributed by atoms with van der Waals surface area (Å²) in [6.45, 7) is 4.09. The molecule has 0 aliphatic rings. The molecule has 1 heterocycles. The molecule has 0 bridgehead atoms. The van der Waals surface area contributed by atoms with E-state index < -0.39 is 15.8 Å². The Morgan fingerprint density at radius 3 is 2.62 bits per heavy atom. The molecule has 1 aromatic heterocycles. The van der Waals surface area contributed by atoms with Crippen LogP contribution >= 0.6 is 0 Å². The van der Waals surface area contributed by atoms with Gasteiger partial charge in [-0.2, -0.15) is 0 Å². The Labute approximate surface area is 139 Å². The standard InChI is InChI=1S/C17H18N2O4S/c1-11-3-5-14(9-12(11)2)24(21,22)18-8-7-13-4-6-16-15(10-13)19-17(20)23-16/h3-6,9-10,18H,7-8H2,1-2H3,(H,19,20). The van der Waals surface area contributed by atoms with Crippen molar-refractivity contribution in [2.45, 2.75) is 25.2 Å². The average molecular weight is 346 g/mol. The van der Waals surface area contributed by atoms with Gasteiger partial charge in [0.2, 0.25) is 10.0 Å². The number of rotatable bonds is 5. The highest BCUT2D eigenvalue weighted by Crippen LogP contribution is 2.15. The fraction of sp³-hybridized carbons (Fsp3) is 0.235. The van der Waals surface area contributed by atoms with Gasteiger partial charge in [-0.3, -0.25) is 4.98 Å². The minimum absolute atomic E-state index is 0.264. The molecule has 0 fully saturated rings. The third kappa shape index (κ3) is 3.42. The van der Waals surface area contributed by atoms with Crippen LogP contribution in [0.2, 0.25) is 0 Å². The largest absolute Gasteiger partial charge is 0.417 e. The lowest BCUT2D eigenvalue weighted by Crippen LogP contribution is -2.26. The summed E-state index contributed by atoms with van der Waals surface area (Å²) in [5.41, 5.74) is 3.99. The molecule has 2 N–H and O–H groups in total. The van der Waals surface area contributed by atoms with Crippen molar-refractivity contribution < 1.29 is 12.8 Å². The van der Waals surface area contributed by atoms with Crippen molar-refractivity contribution in [1.29, 1.82) is 0 Å². The van der Waals surface area contributed by atoms with Crippen LogP contribution in [0.5, 0.6) is 0 Å². The van der Waals surface area contributed by atoms with E-state index in [1.54, 1.807) is 30.3 Å². The van der Waals surface area contributed by atoms with Gasteiger partial charge in [0, 0.05) is 6.54 Å². The molecule has 7 heteroatoms. The topological polar surface area (TPSA) is 92.2 Å². The van der Waals surface area contributed by atoms with Gasteiger partial charge in [0.05, 0.1) is 10.4 Å². The maximum Gasteiger partial charge on any atom is 0.417 e. The van der Waals surface area contributed by atoms with Gasteiger partial charge in [0.1, 0.15) is 0 Å². The minimum Gasteiger partial charge on any atom is -0.408 e. The van der Waals surface area contributed by atoms with E-state index in [1.165, 1.54) is 0 Å². The van der Waals surface area contributed by atoms with Crippen molar-refractivity contribution in [3.8, 4) is 0 Å². The van der Waals surface area contributed by atoms with Crippen molar-refractivity contribution in [2.75, 3.05) is 6.54 Å². The first-order valence-electron chi connectivity index (χ1n) is 7.54. The van der Waals surface area contributed by atoms with E-state index in [0.717, 1.165) is 16.7 Å². The van der Waals surface area contributed by atoms with Crippen LogP contribution in [0, 0.1) is 13.8 Å². The molecule has 6 nitrogen and oxygen atoms in total. The van der Waals surface area contributed by atoms with Crippen LogP contribution in [0.1, 0.15) is 16.7 Å². The second-order valence-corrected chi connectivity index (χ2v) is 7.51. The molecule has 0 aliphatic heterocycles. The summed E-state index contributed by atoms with van der Waals surface area (Å²) in [5, 5.41) is 0. The SMILES string of the molecule is Cc1ccc(S(=O)(=O)NCCc2ccc3oc(=O)[nH]c3c2)cc1C. The molecular weight excluding hydrogens is 328 g/mol. The summed E-state index contributed by atoms with van der Waals surface area (Å²) in [5.74, 6) is -0.502. The normalized spacial score (nSPS) is 11.9. The summed E-state index contributed by atoms with van der Waals surface area (Å²) in [4.78, 5) is 14.0. The van der Waals surface area contributed by atoms with Gasteiger partial charge in [-0.25, -0.2) is 17.9 Å². The molecule has 0 saturated carbocycles. The van der Waals surface area contributed by atoms with Gasteiger partial charge in [-0.05, 0) is 61.2 Å². The third-order valence-corrected chi connectivity index (χ3v) is 5.44. The van der Waals surface area contributed by atoms with Gasteiger partial charge in [0.25, 0.3) is 0 Å². The molecule has 0 amide bonds. The van der Waals surface area contributed by atoms with Crippen molar-refractivity contribution in [2.24, 2.45) is 0 Å². The van der Waals surface area contributed by atoms with E-state index in [1.807, 2.05) is 19.9 Å². The number of hydrogen-bond acceptors (Lipinski definition) is 4. The zero-order chi connectivity index (χ0) is 17.3. The second-order valence-electron chi connectivity index (χ2n) is 5.74. The molecule has 3 rings (SSSR count). The van der Waals surface area contributed by atoms with Gasteiger partial charge in [-0.15, -0.1) is 0 Å². The van der Waals surface area contributed by atoms with Crippen LogP contribution in [0.3, 0.4) is 0 Å². The Kier molecular flexibility index (Phi) is 4.29. The first kappa shape index (κ1) is 16.5. The maximum atomic E-state index is 12.3. The third-order valence-electron chi connectivity index (χ3n) is 3.98. The molecule has 0 aliphatic carbocycles. The number of fused-ring (bicyclic) bond motifs is 1. The zero-order valence-electron chi connectivity index (χ0n) is 13.4. The number of aryl methyl sites for hydroxylation is 2. The fourth-order valence-electron chi connectivity index (χ4n) is 2.45. The highest BCUT2D eigenvalue weighted by Gasteiger charge is 2.14. The first-order valence-corrected chi connectivity index (χ1v) is 9.02. The van der Waals surface area contributed by atoms with E-state index >= 15 is 0 Å². The Bertz CT molecular complexity index is 1050. The number of nitrogens with one attached hydrogen (secondary N) is 2. The zero-order valence-corrected chi connectivity index (χ0v) is 14.2. The van der Waals surface area contributed by atoms with Crippen molar-refractivity contribution in [3.63, 3.8) is 0 Å². The Morgan fingerprint density at radius 2 is 1.88 bits per heavy atom. The highest BCUT2D eigenvalue weighted by molar-refractivity contribution is 7.89. The average Bonchev–Trinajstić information content (AvgIpc) is 2.89. The molecule has 0 radical (unpaired) electrons. The lowest BCUT2D eigenvalue weighted by atomic mass is 10.1. The quantitative estimate of drug-likeness (QED) is 0.741. The molecule has 3 aromatic rings. The van der Waals surface area contributed by atoms with Crippen LogP contribution in [-0.2, 0) is 16.4 Å². The molecule has 0 atom stereocenters. The minimum atomic E-state index is -3.53. The number of oxazole rings is 1. The van der Waals surface area contributed by atoms with Crippen LogP contribution < -0.4 is 10.5 Å². The van der Waals surface area contributed by atoms with E-state index in [0.29, 0.717) is 17.5 Å². The van der Waals surface area contributed by atoms with E-state index in [-0.39, 0.29) is 11.4 Å². The summed E-state index contributed by atoms with van der Waals surface area (Å²) < 4.78 is 32.2. The van der Waals surface area contributed by atoms with Gasteiger partial charge in [-0.1, -0.05) is 12.1 Å². The Balaban J connectivity index is 1.69. The summed E-state index contributed by atoms with van der Waals surface area (Å²) >= 11 is 0. The molecule has 126 valence electrons. The molecular formula is C17H18N2O4S. The lowest BCUT2D eigenvalue weighted by molar-refractivity contribution is 0.555. The smallest absolute Gasteiger partial charge is 0.408 e. The number of sulfonamides is 1. The van der Waals surface area contributed by atoms with Crippen molar-refractivity contribution >= 4 is 21.1 Å². The van der Waals surface area contributed by atoms with E-state index in [4.69, 9.17) is 4.42 Å². The molecule has 24 heavy (non-hydrogen) atoms. The molecule has 0 spiro atoms. The number of benzene rings is 2. The molecule has 2 aromatic carbocycles. The van der Waals surface area contributed by atoms with E-state index in [9.17, 15) is 13.2 Å². The van der Waals surface area contributed by atoms with Gasteiger partial charge in [0.15, 0.2) is 5.58 Å². The summed E-state index contributed by atoms with van der Waals surface area (Å²) in [6, 6.07) is 10.4. The van der Waals surface area contributed by atoms with Crippen LogP contribution in [0.25, 0.3) is 11.1 Å². The molecule has 0 saturated heterocycles. The van der Waals surface area contributed by atoms with Gasteiger partial charge < -0.3 is 4.42 Å². The predicted octanol–water partition coefficient (Wildman–Crippen LogP) is 2.26. The fourth-order valence-corrected chi connectivity index (χ4v) is 3.57. The first-order chi connectivity index (χ1) is 11.3. The van der Waals surface area contributed by atoms with Crippen LogP contribution in [0.15, 0.2) is 50.5 Å². The summed E-state index contributed by atoms with van der Waals surface area (Å²) in [6.07, 6.45) is 0.507. The van der Waals surface area contributed by atoms with Crippen LogP contribution in [-0.4, -0.2) is 19.9 Å². The summed E-state index contributed by atoms with van der Waals surface area (Å²) in [7, 11) is -3.53. The monoisotopic (exact) mass is 346 g/mol. The number of H-pyrrole nitrogens is 1. The maximum absolute atomic E-state index is 12.3. The molecule has 0 unspecified atom stereocenters. The highest BCUT2D eigenvalue weighted by atomic mass is 32.2. The predicted molar refractivity (Wildman–Crippen MR) is 91.6 cm³/mol. The Hall–Kier alpha value is -2.38. The second kappa shape index (κ2) is 6.26. The van der Waals surface area contributed by atoms with Crippen molar-refractivity contribution in [3.05, 3.63) is 63.6 Å². The number of hydrogen-bond donors (Lipinski definition) is 2. The number of aromatic amines is 1.